The molecular weight excluding hydrogens is 416 g/mol. The second-order valence-corrected chi connectivity index (χ2v) is 10.3. The lowest BCUT2D eigenvalue weighted by molar-refractivity contribution is -0.135. The van der Waals surface area contributed by atoms with Gasteiger partial charge < -0.3 is 14.5 Å². The largest absolute Gasteiger partial charge is 0.497 e. The first-order valence-electron chi connectivity index (χ1n) is 10.4. The van der Waals surface area contributed by atoms with Crippen LogP contribution >= 0.6 is 0 Å². The van der Waals surface area contributed by atoms with Crippen molar-refractivity contribution < 1.29 is 22.7 Å². The zero-order valence-corrected chi connectivity index (χ0v) is 18.3. The van der Waals surface area contributed by atoms with Gasteiger partial charge in [0.2, 0.25) is 11.8 Å². The minimum absolute atomic E-state index is 0.0709. The van der Waals surface area contributed by atoms with Crippen molar-refractivity contribution in [2.45, 2.75) is 18.1 Å². The number of methoxy groups -OCH3 is 1. The fraction of sp³-hybridized carbons (Fsp3) is 0.391. The van der Waals surface area contributed by atoms with E-state index < -0.39 is 21.0 Å². The predicted octanol–water partition coefficient (Wildman–Crippen LogP) is 2.44. The summed E-state index contributed by atoms with van der Waals surface area (Å²) in [5, 5.41) is -0.606. The first-order valence-corrected chi connectivity index (χ1v) is 12.1. The monoisotopic (exact) mass is 442 g/mol. The highest BCUT2D eigenvalue weighted by atomic mass is 32.2. The number of rotatable bonds is 4. The van der Waals surface area contributed by atoms with Crippen LogP contribution in [-0.2, 0) is 19.4 Å². The maximum absolute atomic E-state index is 13.2. The van der Waals surface area contributed by atoms with E-state index in [1.54, 1.807) is 35.1 Å². The number of hydrogen-bond acceptors (Lipinski definition) is 5. The summed E-state index contributed by atoms with van der Waals surface area (Å²) in [6.07, 6.45) is 0.486. The summed E-state index contributed by atoms with van der Waals surface area (Å²) in [4.78, 5) is 29.0. The van der Waals surface area contributed by atoms with Gasteiger partial charge in [-0.05, 0) is 24.1 Å². The van der Waals surface area contributed by atoms with Crippen molar-refractivity contribution in [2.24, 2.45) is 5.92 Å². The Hall–Kier alpha value is -2.87. The van der Waals surface area contributed by atoms with Crippen molar-refractivity contribution in [3.63, 3.8) is 0 Å². The third-order valence-electron chi connectivity index (χ3n) is 6.06. The SMILES string of the molecule is COc1cccc(N2C[C@@H](C(=O)N3CC[C@@H](c4ccccc4)S(=O)(=O)CC3)CC2=O)c1. The molecular formula is C23H26N2O5S. The topological polar surface area (TPSA) is 84.0 Å². The van der Waals surface area contributed by atoms with Crippen LogP contribution in [0.15, 0.2) is 54.6 Å². The molecule has 7 nitrogen and oxygen atoms in total. The Morgan fingerprint density at radius 1 is 1.06 bits per heavy atom. The molecule has 0 spiro atoms. The zero-order valence-electron chi connectivity index (χ0n) is 17.4. The van der Waals surface area contributed by atoms with Crippen LogP contribution in [0, 0.1) is 5.92 Å². The summed E-state index contributed by atoms with van der Waals surface area (Å²) < 4.78 is 30.9. The molecule has 4 rings (SSSR count). The molecule has 8 heteroatoms. The number of anilines is 1. The molecule has 2 heterocycles. The van der Waals surface area contributed by atoms with E-state index in [-0.39, 0.29) is 37.1 Å². The Labute approximate surface area is 182 Å². The van der Waals surface area contributed by atoms with Crippen LogP contribution in [-0.4, -0.2) is 57.6 Å². The molecule has 0 saturated carbocycles. The fourth-order valence-corrected chi connectivity index (χ4v) is 6.16. The highest BCUT2D eigenvalue weighted by molar-refractivity contribution is 7.91. The maximum Gasteiger partial charge on any atom is 0.228 e. The van der Waals surface area contributed by atoms with Crippen LogP contribution in [0.25, 0.3) is 0 Å². The summed E-state index contributed by atoms with van der Waals surface area (Å²) >= 11 is 0. The van der Waals surface area contributed by atoms with Crippen LogP contribution in [0.4, 0.5) is 5.69 Å². The van der Waals surface area contributed by atoms with Gasteiger partial charge in [0.1, 0.15) is 5.75 Å². The van der Waals surface area contributed by atoms with Gasteiger partial charge in [-0.3, -0.25) is 9.59 Å². The Morgan fingerprint density at radius 2 is 1.84 bits per heavy atom. The fourth-order valence-electron chi connectivity index (χ4n) is 4.37. The molecule has 2 aliphatic rings. The van der Waals surface area contributed by atoms with Crippen molar-refractivity contribution in [2.75, 3.05) is 37.4 Å². The van der Waals surface area contributed by atoms with Gasteiger partial charge in [-0.15, -0.1) is 0 Å². The number of carbonyl (C=O) groups is 2. The molecule has 0 aromatic heterocycles. The predicted molar refractivity (Wildman–Crippen MR) is 118 cm³/mol. The van der Waals surface area contributed by atoms with E-state index in [0.717, 1.165) is 5.56 Å². The molecule has 0 radical (unpaired) electrons. The van der Waals surface area contributed by atoms with E-state index in [4.69, 9.17) is 4.74 Å². The van der Waals surface area contributed by atoms with Crippen molar-refractivity contribution in [1.29, 1.82) is 0 Å². The van der Waals surface area contributed by atoms with Gasteiger partial charge in [-0.1, -0.05) is 36.4 Å². The number of amides is 2. The average Bonchev–Trinajstić information content (AvgIpc) is 3.09. The first-order chi connectivity index (χ1) is 14.9. The molecule has 0 bridgehead atoms. The molecule has 2 aromatic rings. The van der Waals surface area contributed by atoms with Gasteiger partial charge in [0, 0.05) is 37.8 Å². The van der Waals surface area contributed by atoms with Crippen molar-refractivity contribution in [1.82, 2.24) is 4.90 Å². The Balaban J connectivity index is 1.47. The van der Waals surface area contributed by atoms with Gasteiger partial charge in [0.25, 0.3) is 0 Å². The summed E-state index contributed by atoms with van der Waals surface area (Å²) in [6.45, 7) is 0.812. The minimum atomic E-state index is -3.36. The molecule has 2 amide bonds. The number of benzene rings is 2. The number of hydrogen-bond donors (Lipinski definition) is 0. The lowest BCUT2D eigenvalue weighted by Gasteiger charge is -2.24. The van der Waals surface area contributed by atoms with Crippen molar-refractivity contribution >= 4 is 27.3 Å². The third-order valence-corrected chi connectivity index (χ3v) is 8.19. The van der Waals surface area contributed by atoms with Gasteiger partial charge >= 0.3 is 0 Å². The second kappa shape index (κ2) is 8.70. The van der Waals surface area contributed by atoms with Crippen LogP contribution < -0.4 is 9.64 Å². The highest BCUT2D eigenvalue weighted by Crippen LogP contribution is 2.32. The number of ether oxygens (including phenoxy) is 1. The molecule has 31 heavy (non-hydrogen) atoms. The molecule has 0 aliphatic carbocycles. The molecule has 164 valence electrons. The zero-order chi connectivity index (χ0) is 22.0. The number of sulfone groups is 1. The van der Waals surface area contributed by atoms with Gasteiger partial charge in [-0.2, -0.15) is 0 Å². The normalized spacial score (nSPS) is 23.5. The third kappa shape index (κ3) is 4.44. The summed E-state index contributed by atoms with van der Waals surface area (Å²) in [5.74, 6) is -0.170. The molecule has 2 fully saturated rings. The van der Waals surface area contributed by atoms with Gasteiger partial charge in [-0.25, -0.2) is 8.42 Å². The molecule has 0 unspecified atom stereocenters. The summed E-state index contributed by atoms with van der Waals surface area (Å²) in [7, 11) is -1.80. The minimum Gasteiger partial charge on any atom is -0.497 e. The molecule has 2 atom stereocenters. The smallest absolute Gasteiger partial charge is 0.228 e. The number of nitrogens with zero attached hydrogens (tertiary/aromatic N) is 2. The lowest BCUT2D eigenvalue weighted by Crippen LogP contribution is -2.39. The van der Waals surface area contributed by atoms with Crippen LogP contribution in [0.1, 0.15) is 23.7 Å². The summed E-state index contributed by atoms with van der Waals surface area (Å²) in [6, 6.07) is 16.3. The van der Waals surface area contributed by atoms with Crippen molar-refractivity contribution in [3.05, 3.63) is 60.2 Å². The van der Waals surface area contributed by atoms with Gasteiger partial charge in [0.05, 0.1) is 24.0 Å². The van der Waals surface area contributed by atoms with E-state index in [2.05, 4.69) is 0 Å². The molecule has 2 aliphatic heterocycles. The van der Waals surface area contributed by atoms with E-state index in [1.807, 2.05) is 36.4 Å². The van der Waals surface area contributed by atoms with Crippen molar-refractivity contribution in [3.8, 4) is 5.75 Å². The van der Waals surface area contributed by atoms with Gasteiger partial charge in [0.15, 0.2) is 9.84 Å². The Morgan fingerprint density at radius 3 is 2.58 bits per heavy atom. The molecule has 2 saturated heterocycles. The Bertz CT molecular complexity index is 1070. The van der Waals surface area contributed by atoms with Crippen LogP contribution in [0.3, 0.4) is 0 Å². The molecule has 2 aromatic carbocycles. The second-order valence-electron chi connectivity index (χ2n) is 7.99. The number of carbonyl (C=O) groups excluding carboxylic acids is 2. The Kier molecular flexibility index (Phi) is 6.00. The first kappa shape index (κ1) is 21.4. The van der Waals surface area contributed by atoms with E-state index in [0.29, 0.717) is 24.4 Å². The lowest BCUT2D eigenvalue weighted by atomic mass is 10.1. The maximum atomic E-state index is 13.2. The van der Waals surface area contributed by atoms with E-state index in [9.17, 15) is 18.0 Å². The highest BCUT2D eigenvalue weighted by Gasteiger charge is 2.39. The van der Waals surface area contributed by atoms with Crippen LogP contribution in [0.5, 0.6) is 5.75 Å². The molecule has 0 N–H and O–H groups in total. The van der Waals surface area contributed by atoms with Crippen LogP contribution in [0.2, 0.25) is 0 Å². The standard InChI is InChI=1S/C23H26N2O5S/c1-30-20-9-5-8-19(15-20)25-16-18(14-22(25)26)23(27)24-11-10-21(31(28,29)13-12-24)17-6-3-2-4-7-17/h2-9,15,18,21H,10-14,16H2,1H3/t18-,21-/m0/s1. The van der Waals surface area contributed by atoms with E-state index in [1.165, 1.54) is 0 Å². The average molecular weight is 443 g/mol. The van der Waals surface area contributed by atoms with E-state index >= 15 is 0 Å². The summed E-state index contributed by atoms with van der Waals surface area (Å²) in [5.41, 5.74) is 1.46. The quantitative estimate of drug-likeness (QED) is 0.726.